The number of amides is 1. The Morgan fingerprint density at radius 3 is 1.85 bits per heavy atom. The molecule has 20 heavy (non-hydrogen) atoms. The van der Waals surface area contributed by atoms with Gasteiger partial charge in [-0.05, 0) is 56.3 Å². The topological polar surface area (TPSA) is 63.2 Å². The van der Waals surface area contributed by atoms with Crippen LogP contribution in [0.4, 0.5) is 8.78 Å². The monoisotopic (exact) mass is 307 g/mol. The van der Waals surface area contributed by atoms with E-state index < -0.39 is 26.6 Å². The molecule has 0 aromatic heterocycles. The van der Waals surface area contributed by atoms with Crippen LogP contribution in [0.1, 0.15) is 45.4 Å². The fourth-order valence-corrected chi connectivity index (χ4v) is 5.35. The maximum Gasteiger partial charge on any atom is 0.361 e. The molecule has 0 aromatic carbocycles. The van der Waals surface area contributed by atoms with Gasteiger partial charge < -0.3 is 0 Å². The Hall–Kier alpha value is -0.720. The largest absolute Gasteiger partial charge is 0.361 e. The first-order chi connectivity index (χ1) is 9.11. The van der Waals surface area contributed by atoms with E-state index in [1.54, 1.807) is 4.72 Å². The molecule has 4 nitrogen and oxygen atoms in total. The van der Waals surface area contributed by atoms with Gasteiger partial charge in [-0.2, -0.15) is 8.78 Å². The lowest BCUT2D eigenvalue weighted by Crippen LogP contribution is -2.55. The molecule has 4 aliphatic rings. The molecule has 4 bridgehead atoms. The van der Waals surface area contributed by atoms with Crippen molar-refractivity contribution in [3.8, 4) is 0 Å². The summed E-state index contributed by atoms with van der Waals surface area (Å²) in [6, 6.07) is 0. The number of carbonyl (C=O) groups excluding carboxylic acids is 1. The van der Waals surface area contributed by atoms with Gasteiger partial charge in [0.2, 0.25) is 5.91 Å². The molecule has 0 spiro atoms. The molecule has 1 amide bonds. The van der Waals surface area contributed by atoms with Crippen molar-refractivity contribution in [2.45, 2.75) is 50.7 Å². The molecule has 4 aliphatic carbocycles. The first kappa shape index (κ1) is 14.2. The summed E-state index contributed by atoms with van der Waals surface area (Å²) in [7, 11) is -4.92. The van der Waals surface area contributed by atoms with Crippen molar-refractivity contribution in [2.75, 3.05) is 0 Å². The highest BCUT2D eigenvalue weighted by Crippen LogP contribution is 2.60. The van der Waals surface area contributed by atoms with Crippen LogP contribution in [-0.2, 0) is 14.8 Å². The number of hydrogen-bond donors (Lipinski definition) is 1. The molecular formula is C13H19F2NO3S. The number of alkyl halides is 2. The molecule has 0 aromatic rings. The third-order valence-electron chi connectivity index (χ3n) is 5.22. The Labute approximate surface area is 117 Å². The Morgan fingerprint density at radius 2 is 1.50 bits per heavy atom. The second-order valence-electron chi connectivity index (χ2n) is 6.94. The van der Waals surface area contributed by atoms with Gasteiger partial charge in [-0.1, -0.05) is 0 Å². The van der Waals surface area contributed by atoms with Crippen molar-refractivity contribution in [3.05, 3.63) is 0 Å². The van der Waals surface area contributed by atoms with E-state index in [9.17, 15) is 22.0 Å². The van der Waals surface area contributed by atoms with Gasteiger partial charge in [-0.3, -0.25) is 4.79 Å². The third-order valence-corrected chi connectivity index (χ3v) is 6.62. The molecule has 0 aliphatic heterocycles. The van der Waals surface area contributed by atoms with Gasteiger partial charge in [-0.15, -0.1) is 0 Å². The molecule has 0 radical (unpaired) electrons. The molecule has 114 valence electrons. The number of halogens is 2. The van der Waals surface area contributed by atoms with Gasteiger partial charge in [0.1, 0.15) is 0 Å². The minimum Gasteiger partial charge on any atom is -0.273 e. The van der Waals surface area contributed by atoms with Gasteiger partial charge in [0.05, 0.1) is 5.41 Å². The van der Waals surface area contributed by atoms with E-state index in [1.807, 2.05) is 0 Å². The lowest BCUT2D eigenvalue weighted by molar-refractivity contribution is -0.144. The highest BCUT2D eigenvalue weighted by Gasteiger charge is 2.56. The Balaban J connectivity index is 1.81. The first-order valence-electron chi connectivity index (χ1n) is 7.06. The molecule has 4 saturated carbocycles. The lowest BCUT2D eigenvalue weighted by Gasteiger charge is -2.55. The van der Waals surface area contributed by atoms with E-state index in [-0.39, 0.29) is 0 Å². The minimum atomic E-state index is -4.92. The molecule has 0 atom stereocenters. The van der Waals surface area contributed by atoms with Gasteiger partial charge in [0, 0.05) is 6.92 Å². The van der Waals surface area contributed by atoms with E-state index in [0.29, 0.717) is 43.9 Å². The molecule has 0 heterocycles. The van der Waals surface area contributed by atoms with Crippen LogP contribution in [0, 0.1) is 23.2 Å². The maximum absolute atomic E-state index is 13.0. The quantitative estimate of drug-likeness (QED) is 0.870. The molecular weight excluding hydrogens is 288 g/mol. The van der Waals surface area contributed by atoms with E-state index in [4.69, 9.17) is 0 Å². The van der Waals surface area contributed by atoms with Gasteiger partial charge in [0.25, 0.3) is 0 Å². The zero-order valence-electron chi connectivity index (χ0n) is 11.4. The predicted octanol–water partition coefficient (Wildman–Crippen LogP) is 2.26. The normalized spacial score (nSPS) is 39.9. The van der Waals surface area contributed by atoms with Crippen molar-refractivity contribution in [3.63, 3.8) is 0 Å². The van der Waals surface area contributed by atoms with Crippen LogP contribution < -0.4 is 4.72 Å². The molecule has 0 saturated heterocycles. The average molecular weight is 307 g/mol. The zero-order chi connectivity index (χ0) is 14.8. The first-order valence-corrected chi connectivity index (χ1v) is 8.54. The van der Waals surface area contributed by atoms with Crippen LogP contribution in [0.25, 0.3) is 0 Å². The number of carbonyl (C=O) groups is 1. The second-order valence-corrected chi connectivity index (χ2v) is 8.87. The van der Waals surface area contributed by atoms with Crippen LogP contribution in [0.5, 0.6) is 0 Å². The van der Waals surface area contributed by atoms with Gasteiger partial charge >= 0.3 is 15.3 Å². The lowest BCUT2D eigenvalue weighted by atomic mass is 9.49. The third kappa shape index (κ3) is 2.14. The highest BCUT2D eigenvalue weighted by molar-refractivity contribution is 7.91. The van der Waals surface area contributed by atoms with Crippen molar-refractivity contribution >= 4 is 15.9 Å². The van der Waals surface area contributed by atoms with Crippen molar-refractivity contribution in [1.82, 2.24) is 4.72 Å². The average Bonchev–Trinajstić information content (AvgIpc) is 2.24. The molecule has 4 fully saturated rings. The summed E-state index contributed by atoms with van der Waals surface area (Å²) in [4.78, 5) is 12.3. The van der Waals surface area contributed by atoms with E-state index in [1.165, 1.54) is 0 Å². The van der Waals surface area contributed by atoms with Crippen LogP contribution in [0.3, 0.4) is 0 Å². The standard InChI is InChI=1S/C13H19F2NO3S/c1-12(14,15)20(18,19)16-11(17)13-5-8-2-9(6-13)4-10(3-8)7-13/h8-10H,2-7H2,1H3,(H,16,17). The smallest absolute Gasteiger partial charge is 0.273 e. The SMILES string of the molecule is CC(F)(F)S(=O)(=O)NC(=O)C12CC3CC(CC(C3)C1)C2. The molecule has 0 unspecified atom stereocenters. The van der Waals surface area contributed by atoms with Crippen LogP contribution >= 0.6 is 0 Å². The summed E-state index contributed by atoms with van der Waals surface area (Å²) < 4.78 is 50.6. The fraction of sp³-hybridized carbons (Fsp3) is 0.923. The Kier molecular flexibility index (Phi) is 2.95. The van der Waals surface area contributed by atoms with Crippen LogP contribution in [0.15, 0.2) is 0 Å². The molecule has 7 heteroatoms. The summed E-state index contributed by atoms with van der Waals surface area (Å²) in [5.74, 6) is 0.656. The van der Waals surface area contributed by atoms with Crippen molar-refractivity contribution < 1.29 is 22.0 Å². The highest BCUT2D eigenvalue weighted by atomic mass is 32.2. The maximum atomic E-state index is 13.0. The summed E-state index contributed by atoms with van der Waals surface area (Å²) in [6.07, 6.45) is 5.25. The second kappa shape index (κ2) is 4.15. The number of nitrogens with one attached hydrogen (secondary N) is 1. The summed E-state index contributed by atoms with van der Waals surface area (Å²) in [5, 5.41) is -3.94. The molecule has 4 rings (SSSR count). The Morgan fingerprint density at radius 1 is 1.10 bits per heavy atom. The Bertz CT molecular complexity index is 503. The van der Waals surface area contributed by atoms with Gasteiger partial charge in [-0.25, -0.2) is 13.1 Å². The fourth-order valence-electron chi connectivity index (χ4n) is 4.71. The number of hydrogen-bond acceptors (Lipinski definition) is 3. The zero-order valence-corrected chi connectivity index (χ0v) is 12.2. The van der Waals surface area contributed by atoms with E-state index in [0.717, 1.165) is 19.3 Å². The summed E-state index contributed by atoms with van der Waals surface area (Å²) in [6.45, 7) is 0.294. The van der Waals surface area contributed by atoms with Crippen LogP contribution in [0.2, 0.25) is 0 Å². The van der Waals surface area contributed by atoms with E-state index in [2.05, 4.69) is 0 Å². The summed E-state index contributed by atoms with van der Waals surface area (Å²) in [5.41, 5.74) is -0.729. The number of rotatable bonds is 3. The van der Waals surface area contributed by atoms with E-state index >= 15 is 0 Å². The van der Waals surface area contributed by atoms with Gasteiger partial charge in [0.15, 0.2) is 0 Å². The van der Waals surface area contributed by atoms with Crippen molar-refractivity contribution in [2.24, 2.45) is 23.2 Å². The number of sulfonamides is 1. The van der Waals surface area contributed by atoms with Crippen LogP contribution in [-0.4, -0.2) is 19.6 Å². The summed E-state index contributed by atoms with van der Waals surface area (Å²) >= 11 is 0. The minimum absolute atomic E-state index is 0.294. The predicted molar refractivity (Wildman–Crippen MR) is 68.3 cm³/mol. The molecule has 1 N–H and O–H groups in total. The van der Waals surface area contributed by atoms with Crippen molar-refractivity contribution in [1.29, 1.82) is 0 Å².